The Labute approximate surface area is 102 Å². The average Bonchev–Trinajstić information content (AvgIpc) is 2.71. The van der Waals surface area contributed by atoms with E-state index in [0.717, 1.165) is 0 Å². The molecule has 1 aromatic carbocycles. The minimum Gasteiger partial charge on any atom is -0.477 e. The zero-order valence-corrected chi connectivity index (χ0v) is 9.51. The average molecular weight is 246 g/mol. The number of benzene rings is 1. The van der Waals surface area contributed by atoms with E-state index in [1.54, 1.807) is 25.1 Å². The SMILES string of the molecule is Cc1c[nH]c(C(=O)O)c1-c1ccccc1[N+](=O)[O-]. The molecule has 6 heteroatoms. The monoisotopic (exact) mass is 246 g/mol. The molecule has 1 heterocycles. The lowest BCUT2D eigenvalue weighted by Gasteiger charge is -2.04. The number of carbonyl (C=O) groups is 1. The van der Waals surface area contributed by atoms with Crippen molar-refractivity contribution in [3.8, 4) is 11.1 Å². The van der Waals surface area contributed by atoms with E-state index in [-0.39, 0.29) is 11.4 Å². The number of nitro benzene ring substituents is 1. The van der Waals surface area contributed by atoms with Crippen LogP contribution in [0.25, 0.3) is 11.1 Å². The largest absolute Gasteiger partial charge is 0.477 e. The Bertz CT molecular complexity index is 631. The summed E-state index contributed by atoms with van der Waals surface area (Å²) >= 11 is 0. The molecule has 0 unspecified atom stereocenters. The number of para-hydroxylation sites is 1. The van der Waals surface area contributed by atoms with Gasteiger partial charge in [0.1, 0.15) is 5.69 Å². The first-order valence-electron chi connectivity index (χ1n) is 5.17. The number of hydrogen-bond donors (Lipinski definition) is 2. The Morgan fingerprint density at radius 3 is 2.67 bits per heavy atom. The maximum Gasteiger partial charge on any atom is 0.352 e. The van der Waals surface area contributed by atoms with Crippen LogP contribution in [0.15, 0.2) is 30.5 Å². The summed E-state index contributed by atoms with van der Waals surface area (Å²) in [5, 5.41) is 20.0. The van der Waals surface area contributed by atoms with Crippen molar-refractivity contribution < 1.29 is 14.8 Å². The van der Waals surface area contributed by atoms with E-state index in [1.165, 1.54) is 12.3 Å². The number of aryl methyl sites for hydroxylation is 1. The van der Waals surface area contributed by atoms with Gasteiger partial charge in [0.2, 0.25) is 0 Å². The van der Waals surface area contributed by atoms with E-state index in [2.05, 4.69) is 4.98 Å². The van der Waals surface area contributed by atoms with E-state index in [4.69, 9.17) is 5.11 Å². The summed E-state index contributed by atoms with van der Waals surface area (Å²) in [6.07, 6.45) is 1.52. The summed E-state index contributed by atoms with van der Waals surface area (Å²) in [6.45, 7) is 1.70. The molecule has 2 rings (SSSR count). The Kier molecular flexibility index (Phi) is 2.85. The predicted octanol–water partition coefficient (Wildman–Crippen LogP) is 2.60. The molecule has 2 aromatic rings. The molecule has 0 spiro atoms. The summed E-state index contributed by atoms with van der Waals surface area (Å²) in [7, 11) is 0. The van der Waals surface area contributed by atoms with E-state index < -0.39 is 10.9 Å². The minimum atomic E-state index is -1.14. The van der Waals surface area contributed by atoms with Crippen molar-refractivity contribution in [3.63, 3.8) is 0 Å². The number of aromatic nitrogens is 1. The number of nitrogens with one attached hydrogen (secondary N) is 1. The lowest BCUT2D eigenvalue weighted by molar-refractivity contribution is -0.384. The Hall–Kier alpha value is -2.63. The van der Waals surface area contributed by atoms with E-state index in [1.807, 2.05) is 0 Å². The summed E-state index contributed by atoms with van der Waals surface area (Å²) in [6, 6.07) is 6.08. The third-order valence-electron chi connectivity index (χ3n) is 2.66. The van der Waals surface area contributed by atoms with Gasteiger partial charge < -0.3 is 10.1 Å². The molecule has 0 radical (unpaired) electrons. The molecule has 92 valence electrons. The highest BCUT2D eigenvalue weighted by Gasteiger charge is 2.22. The number of aromatic carboxylic acids is 1. The van der Waals surface area contributed by atoms with Gasteiger partial charge in [0.15, 0.2) is 0 Å². The molecule has 0 bridgehead atoms. The van der Waals surface area contributed by atoms with Gasteiger partial charge in [-0.15, -0.1) is 0 Å². The first kappa shape index (κ1) is 11.8. The highest BCUT2D eigenvalue weighted by molar-refractivity contribution is 5.97. The third-order valence-corrected chi connectivity index (χ3v) is 2.66. The molecular weight excluding hydrogens is 236 g/mol. The molecule has 2 N–H and O–H groups in total. The number of aromatic amines is 1. The van der Waals surface area contributed by atoms with E-state index >= 15 is 0 Å². The fourth-order valence-corrected chi connectivity index (χ4v) is 1.88. The first-order chi connectivity index (χ1) is 8.52. The van der Waals surface area contributed by atoms with Crippen LogP contribution < -0.4 is 0 Å². The molecule has 0 atom stereocenters. The van der Waals surface area contributed by atoms with E-state index in [0.29, 0.717) is 16.7 Å². The molecule has 0 aliphatic heterocycles. The molecule has 0 fully saturated rings. The second-order valence-corrected chi connectivity index (χ2v) is 3.80. The molecule has 1 aromatic heterocycles. The molecule has 6 nitrogen and oxygen atoms in total. The smallest absolute Gasteiger partial charge is 0.352 e. The highest BCUT2D eigenvalue weighted by Crippen LogP contribution is 2.34. The van der Waals surface area contributed by atoms with Crippen molar-refractivity contribution in [3.05, 3.63) is 51.8 Å². The van der Waals surface area contributed by atoms with Gasteiger partial charge in [-0.3, -0.25) is 10.1 Å². The summed E-state index contributed by atoms with van der Waals surface area (Å²) in [4.78, 5) is 24.1. The minimum absolute atomic E-state index is 0.0400. The van der Waals surface area contributed by atoms with Crippen LogP contribution in [0.4, 0.5) is 5.69 Å². The summed E-state index contributed by atoms with van der Waals surface area (Å²) in [5.74, 6) is -1.14. The first-order valence-corrected chi connectivity index (χ1v) is 5.17. The van der Waals surface area contributed by atoms with E-state index in [9.17, 15) is 14.9 Å². The molecule has 18 heavy (non-hydrogen) atoms. The van der Waals surface area contributed by atoms with Crippen LogP contribution in [0, 0.1) is 17.0 Å². The van der Waals surface area contributed by atoms with Crippen molar-refractivity contribution >= 4 is 11.7 Å². The van der Waals surface area contributed by atoms with Gasteiger partial charge in [-0.1, -0.05) is 12.1 Å². The number of H-pyrrole nitrogens is 1. The van der Waals surface area contributed by atoms with Gasteiger partial charge in [-0.25, -0.2) is 4.79 Å². The van der Waals surface area contributed by atoms with Gasteiger partial charge in [-0.2, -0.15) is 0 Å². The zero-order valence-electron chi connectivity index (χ0n) is 9.51. The Morgan fingerprint density at radius 1 is 1.39 bits per heavy atom. The van der Waals surface area contributed by atoms with Crippen LogP contribution in [-0.2, 0) is 0 Å². The molecule has 0 amide bonds. The number of rotatable bonds is 3. The molecule has 0 aliphatic carbocycles. The van der Waals surface area contributed by atoms with Gasteiger partial charge in [0, 0.05) is 17.8 Å². The maximum absolute atomic E-state index is 11.1. The van der Waals surface area contributed by atoms with Crippen molar-refractivity contribution in [2.24, 2.45) is 0 Å². The standard InChI is InChI=1S/C12H10N2O4/c1-7-6-13-11(12(15)16)10(7)8-4-2-3-5-9(8)14(17)18/h2-6,13H,1H3,(H,15,16). The second-order valence-electron chi connectivity index (χ2n) is 3.80. The third kappa shape index (κ3) is 1.84. The number of carboxylic acids is 1. The molecule has 0 saturated heterocycles. The predicted molar refractivity (Wildman–Crippen MR) is 64.6 cm³/mol. The van der Waals surface area contributed by atoms with Crippen LogP contribution in [0.5, 0.6) is 0 Å². The number of nitrogens with zero attached hydrogens (tertiary/aromatic N) is 1. The lowest BCUT2D eigenvalue weighted by atomic mass is 10.0. The second kappa shape index (κ2) is 4.33. The zero-order chi connectivity index (χ0) is 13.3. The highest BCUT2D eigenvalue weighted by atomic mass is 16.6. The van der Waals surface area contributed by atoms with Gasteiger partial charge >= 0.3 is 5.97 Å². The van der Waals surface area contributed by atoms with Crippen LogP contribution in [0.2, 0.25) is 0 Å². The Morgan fingerprint density at radius 2 is 2.06 bits per heavy atom. The quantitative estimate of drug-likeness (QED) is 0.642. The fraction of sp³-hybridized carbons (Fsp3) is 0.0833. The van der Waals surface area contributed by atoms with Gasteiger partial charge in [-0.05, 0) is 18.6 Å². The van der Waals surface area contributed by atoms with Gasteiger partial charge in [0.25, 0.3) is 5.69 Å². The number of hydrogen-bond acceptors (Lipinski definition) is 3. The van der Waals surface area contributed by atoms with Crippen molar-refractivity contribution in [1.29, 1.82) is 0 Å². The maximum atomic E-state index is 11.1. The summed E-state index contributed by atoms with van der Waals surface area (Å²) in [5.41, 5.74) is 1.17. The van der Waals surface area contributed by atoms with Crippen molar-refractivity contribution in [2.45, 2.75) is 6.92 Å². The topological polar surface area (TPSA) is 96.2 Å². The number of nitro groups is 1. The van der Waals surface area contributed by atoms with Crippen molar-refractivity contribution in [2.75, 3.05) is 0 Å². The van der Waals surface area contributed by atoms with Crippen LogP contribution in [0.1, 0.15) is 16.1 Å². The van der Waals surface area contributed by atoms with Crippen LogP contribution in [0.3, 0.4) is 0 Å². The molecule has 0 aliphatic rings. The van der Waals surface area contributed by atoms with Gasteiger partial charge in [0.05, 0.1) is 10.5 Å². The lowest BCUT2D eigenvalue weighted by Crippen LogP contribution is -2.00. The van der Waals surface area contributed by atoms with Crippen LogP contribution in [-0.4, -0.2) is 21.0 Å². The summed E-state index contributed by atoms with van der Waals surface area (Å²) < 4.78 is 0. The molecular formula is C12H10N2O4. The van der Waals surface area contributed by atoms with Crippen molar-refractivity contribution in [1.82, 2.24) is 4.98 Å². The van der Waals surface area contributed by atoms with Crippen LogP contribution >= 0.6 is 0 Å². The number of carboxylic acid groups (broad SMARTS) is 1. The fourth-order valence-electron chi connectivity index (χ4n) is 1.88. The normalized spacial score (nSPS) is 10.3. The molecule has 0 saturated carbocycles. The Balaban J connectivity index is 2.73.